The van der Waals surface area contributed by atoms with E-state index < -0.39 is 6.10 Å². The van der Waals surface area contributed by atoms with E-state index in [1.807, 2.05) is 31.2 Å². The van der Waals surface area contributed by atoms with Crippen molar-refractivity contribution in [3.63, 3.8) is 0 Å². The summed E-state index contributed by atoms with van der Waals surface area (Å²) in [4.78, 5) is 4.16. The van der Waals surface area contributed by atoms with E-state index in [-0.39, 0.29) is 0 Å². The van der Waals surface area contributed by atoms with Gasteiger partial charge in [-0.25, -0.2) is 4.98 Å². The molecular formula is C15H17NO3. The topological polar surface area (TPSA) is 51.6 Å². The number of aliphatic hydroxyl groups is 1. The minimum absolute atomic E-state index is 0.469. The highest BCUT2D eigenvalue weighted by atomic mass is 16.5. The Kier molecular flexibility index (Phi) is 4.36. The Bertz CT molecular complexity index is 523. The fraction of sp³-hybridized carbons (Fsp3) is 0.267. The van der Waals surface area contributed by atoms with Crippen LogP contribution in [0, 0.1) is 0 Å². The van der Waals surface area contributed by atoms with Crippen LogP contribution >= 0.6 is 0 Å². The summed E-state index contributed by atoms with van der Waals surface area (Å²) in [5.74, 6) is 1.78. The molecule has 1 atom stereocenters. The van der Waals surface area contributed by atoms with E-state index in [9.17, 15) is 5.11 Å². The quantitative estimate of drug-likeness (QED) is 0.894. The summed E-state index contributed by atoms with van der Waals surface area (Å²) in [6, 6.07) is 11.0. The van der Waals surface area contributed by atoms with Crippen LogP contribution in [0.3, 0.4) is 0 Å². The first kappa shape index (κ1) is 13.4. The molecule has 0 fully saturated rings. The maximum Gasteiger partial charge on any atom is 0.219 e. The first-order chi connectivity index (χ1) is 9.20. The highest BCUT2D eigenvalue weighted by molar-refractivity contribution is 5.41. The average Bonchev–Trinajstić information content (AvgIpc) is 2.42. The van der Waals surface area contributed by atoms with Gasteiger partial charge >= 0.3 is 0 Å². The van der Waals surface area contributed by atoms with E-state index >= 15 is 0 Å². The second-order valence-electron chi connectivity index (χ2n) is 4.09. The summed E-state index contributed by atoms with van der Waals surface area (Å²) in [7, 11) is 0. The molecule has 0 saturated carbocycles. The van der Waals surface area contributed by atoms with Crippen molar-refractivity contribution in [2.45, 2.75) is 20.0 Å². The molecule has 0 spiro atoms. The second kappa shape index (κ2) is 6.20. The fourth-order valence-electron chi connectivity index (χ4n) is 1.62. The standard InChI is InChI=1S/C15H17NO3/c1-3-18-13-6-4-5-7-14(13)19-15-9-8-12(10-16-15)11(2)17/h4-11,17H,3H2,1-2H3/t11-/m1/s1. The van der Waals surface area contributed by atoms with Crippen molar-refractivity contribution in [2.24, 2.45) is 0 Å². The number of aromatic nitrogens is 1. The smallest absolute Gasteiger partial charge is 0.219 e. The van der Waals surface area contributed by atoms with Crippen LogP contribution < -0.4 is 9.47 Å². The Morgan fingerprint density at radius 2 is 1.89 bits per heavy atom. The number of ether oxygens (including phenoxy) is 2. The van der Waals surface area contributed by atoms with Gasteiger partial charge < -0.3 is 14.6 Å². The molecule has 1 heterocycles. The second-order valence-corrected chi connectivity index (χ2v) is 4.09. The van der Waals surface area contributed by atoms with Crippen molar-refractivity contribution >= 4 is 0 Å². The van der Waals surface area contributed by atoms with Crippen LogP contribution in [-0.4, -0.2) is 16.7 Å². The van der Waals surface area contributed by atoms with Crippen molar-refractivity contribution in [1.82, 2.24) is 4.98 Å². The lowest BCUT2D eigenvalue weighted by Gasteiger charge is -2.11. The molecule has 0 saturated heterocycles. The summed E-state index contributed by atoms with van der Waals surface area (Å²) < 4.78 is 11.2. The van der Waals surface area contributed by atoms with E-state index in [1.165, 1.54) is 0 Å². The van der Waals surface area contributed by atoms with Gasteiger partial charge in [-0.05, 0) is 37.6 Å². The molecule has 0 unspecified atom stereocenters. The van der Waals surface area contributed by atoms with Gasteiger partial charge in [0.15, 0.2) is 11.5 Å². The predicted octanol–water partition coefficient (Wildman–Crippen LogP) is 3.33. The van der Waals surface area contributed by atoms with Crippen LogP contribution in [0.4, 0.5) is 0 Å². The van der Waals surface area contributed by atoms with Crippen LogP contribution in [0.2, 0.25) is 0 Å². The first-order valence-corrected chi connectivity index (χ1v) is 6.24. The van der Waals surface area contributed by atoms with E-state index in [4.69, 9.17) is 9.47 Å². The number of pyridine rings is 1. The molecular weight excluding hydrogens is 242 g/mol. The van der Waals surface area contributed by atoms with Gasteiger partial charge in [-0.2, -0.15) is 0 Å². The van der Waals surface area contributed by atoms with Crippen molar-refractivity contribution in [2.75, 3.05) is 6.61 Å². The number of para-hydroxylation sites is 2. The van der Waals surface area contributed by atoms with Gasteiger partial charge in [-0.15, -0.1) is 0 Å². The van der Waals surface area contributed by atoms with Crippen LogP contribution in [0.15, 0.2) is 42.6 Å². The lowest BCUT2D eigenvalue weighted by molar-refractivity contribution is 0.198. The number of nitrogens with zero attached hydrogens (tertiary/aromatic N) is 1. The lowest BCUT2D eigenvalue weighted by Crippen LogP contribution is -1.96. The van der Waals surface area contributed by atoms with Crippen LogP contribution in [-0.2, 0) is 0 Å². The highest BCUT2D eigenvalue weighted by Crippen LogP contribution is 2.30. The largest absolute Gasteiger partial charge is 0.490 e. The summed E-state index contributed by atoms with van der Waals surface area (Å²) in [5, 5.41) is 9.42. The summed E-state index contributed by atoms with van der Waals surface area (Å²) >= 11 is 0. The minimum atomic E-state index is -0.530. The molecule has 1 N–H and O–H groups in total. The van der Waals surface area contributed by atoms with Crippen LogP contribution in [0.25, 0.3) is 0 Å². The number of hydrogen-bond acceptors (Lipinski definition) is 4. The van der Waals surface area contributed by atoms with Gasteiger partial charge in [-0.1, -0.05) is 12.1 Å². The molecule has 4 heteroatoms. The Morgan fingerprint density at radius 1 is 1.16 bits per heavy atom. The molecule has 100 valence electrons. The zero-order valence-corrected chi connectivity index (χ0v) is 11.0. The third kappa shape index (κ3) is 3.45. The predicted molar refractivity (Wildman–Crippen MR) is 72.6 cm³/mol. The molecule has 19 heavy (non-hydrogen) atoms. The molecule has 0 aliphatic rings. The third-order valence-corrected chi connectivity index (χ3v) is 2.61. The minimum Gasteiger partial charge on any atom is -0.490 e. The molecule has 1 aromatic carbocycles. The van der Waals surface area contributed by atoms with E-state index in [1.54, 1.807) is 25.3 Å². The summed E-state index contributed by atoms with van der Waals surface area (Å²) in [6.45, 7) is 4.20. The van der Waals surface area contributed by atoms with Gasteiger partial charge in [0.1, 0.15) is 0 Å². The summed E-state index contributed by atoms with van der Waals surface area (Å²) in [6.07, 6.45) is 1.07. The van der Waals surface area contributed by atoms with Crippen molar-refractivity contribution < 1.29 is 14.6 Å². The van der Waals surface area contributed by atoms with Gasteiger partial charge in [0.25, 0.3) is 0 Å². The Labute approximate surface area is 112 Å². The average molecular weight is 259 g/mol. The van der Waals surface area contributed by atoms with Crippen molar-refractivity contribution in [3.05, 3.63) is 48.2 Å². The number of benzene rings is 1. The van der Waals surface area contributed by atoms with Crippen molar-refractivity contribution in [3.8, 4) is 17.4 Å². The Morgan fingerprint density at radius 3 is 2.47 bits per heavy atom. The number of aliphatic hydroxyl groups excluding tert-OH is 1. The Balaban J connectivity index is 2.16. The summed E-state index contributed by atoms with van der Waals surface area (Å²) in [5.41, 5.74) is 0.755. The number of hydrogen-bond donors (Lipinski definition) is 1. The zero-order chi connectivity index (χ0) is 13.7. The molecule has 0 bridgehead atoms. The normalized spacial score (nSPS) is 11.9. The maximum atomic E-state index is 9.42. The Hall–Kier alpha value is -2.07. The fourth-order valence-corrected chi connectivity index (χ4v) is 1.62. The molecule has 0 amide bonds. The van der Waals surface area contributed by atoms with Crippen LogP contribution in [0.5, 0.6) is 17.4 Å². The molecule has 2 rings (SSSR count). The molecule has 0 radical (unpaired) electrons. The molecule has 0 aliphatic carbocycles. The van der Waals surface area contributed by atoms with Gasteiger partial charge in [0, 0.05) is 12.3 Å². The molecule has 0 aliphatic heterocycles. The number of rotatable bonds is 5. The van der Waals surface area contributed by atoms with E-state index in [2.05, 4.69) is 4.98 Å². The zero-order valence-electron chi connectivity index (χ0n) is 11.0. The monoisotopic (exact) mass is 259 g/mol. The van der Waals surface area contributed by atoms with Gasteiger partial charge in [-0.3, -0.25) is 0 Å². The third-order valence-electron chi connectivity index (χ3n) is 2.61. The van der Waals surface area contributed by atoms with Crippen LogP contribution in [0.1, 0.15) is 25.5 Å². The van der Waals surface area contributed by atoms with E-state index in [0.29, 0.717) is 24.0 Å². The molecule has 4 nitrogen and oxygen atoms in total. The van der Waals surface area contributed by atoms with E-state index in [0.717, 1.165) is 5.56 Å². The highest BCUT2D eigenvalue weighted by Gasteiger charge is 2.07. The first-order valence-electron chi connectivity index (χ1n) is 6.24. The molecule has 1 aromatic heterocycles. The van der Waals surface area contributed by atoms with Gasteiger partial charge in [0.2, 0.25) is 5.88 Å². The SMILES string of the molecule is CCOc1ccccc1Oc1ccc([C@@H](C)O)cn1. The van der Waals surface area contributed by atoms with Crippen molar-refractivity contribution in [1.29, 1.82) is 0 Å². The maximum absolute atomic E-state index is 9.42. The molecule has 2 aromatic rings. The lowest BCUT2D eigenvalue weighted by atomic mass is 10.2. The van der Waals surface area contributed by atoms with Gasteiger partial charge in [0.05, 0.1) is 12.7 Å².